The molecule has 1 aliphatic rings. The minimum absolute atomic E-state index is 0.000508. The molecule has 1 unspecified atom stereocenters. The summed E-state index contributed by atoms with van der Waals surface area (Å²) in [6, 6.07) is 6.07. The minimum Gasteiger partial charge on any atom is -0.324 e. The van der Waals surface area contributed by atoms with Crippen LogP contribution in [-0.2, 0) is 16.0 Å². The molecule has 2 rings (SSSR count). The van der Waals surface area contributed by atoms with Crippen LogP contribution in [0, 0.1) is 12.8 Å². The van der Waals surface area contributed by atoms with E-state index in [-0.39, 0.29) is 11.8 Å². The van der Waals surface area contributed by atoms with Crippen LogP contribution in [0.25, 0.3) is 0 Å². The van der Waals surface area contributed by atoms with E-state index in [9.17, 15) is 9.59 Å². The molecule has 0 radical (unpaired) electrons. The van der Waals surface area contributed by atoms with Gasteiger partial charge in [-0.3, -0.25) is 14.5 Å². The van der Waals surface area contributed by atoms with Gasteiger partial charge in [-0.05, 0) is 24.5 Å². The second kappa shape index (κ2) is 6.85. The van der Waals surface area contributed by atoms with Gasteiger partial charge in [0, 0.05) is 31.1 Å². The number of hydrogen-bond donors (Lipinski definition) is 1. The Balaban J connectivity index is 1.98. The van der Waals surface area contributed by atoms with E-state index in [1.165, 1.54) is 0 Å². The van der Waals surface area contributed by atoms with Gasteiger partial charge in [0.15, 0.2) is 0 Å². The maximum atomic E-state index is 12.3. The molecule has 4 heteroatoms. The van der Waals surface area contributed by atoms with E-state index < -0.39 is 0 Å². The second-order valence-electron chi connectivity index (χ2n) is 5.86. The number of para-hydroxylation sites is 1. The van der Waals surface area contributed by atoms with Crippen LogP contribution in [0.1, 0.15) is 31.4 Å². The number of amides is 1. The van der Waals surface area contributed by atoms with Crippen LogP contribution in [0.3, 0.4) is 0 Å². The fraction of sp³-hybridized carbons (Fsp3) is 0.529. The molecule has 1 fully saturated rings. The lowest BCUT2D eigenvalue weighted by Crippen LogP contribution is -2.43. The highest BCUT2D eigenvalue weighted by Crippen LogP contribution is 2.21. The highest BCUT2D eigenvalue weighted by atomic mass is 16.2. The molecule has 1 N–H and O–H groups in total. The Hall–Kier alpha value is -1.68. The van der Waals surface area contributed by atoms with E-state index in [2.05, 4.69) is 17.1 Å². The van der Waals surface area contributed by atoms with Gasteiger partial charge < -0.3 is 5.32 Å². The van der Waals surface area contributed by atoms with Crippen LogP contribution in [-0.4, -0.2) is 36.2 Å². The maximum Gasteiger partial charge on any atom is 0.238 e. The number of Topliss-reactive ketones (excluding diaryl/α,β-unsaturated/α-hetero) is 1. The topological polar surface area (TPSA) is 49.4 Å². The normalized spacial score (nSPS) is 19.6. The largest absolute Gasteiger partial charge is 0.324 e. The van der Waals surface area contributed by atoms with Crippen molar-refractivity contribution in [1.82, 2.24) is 4.90 Å². The van der Waals surface area contributed by atoms with Crippen LogP contribution in [0.15, 0.2) is 18.2 Å². The summed E-state index contributed by atoms with van der Waals surface area (Å²) in [6.07, 6.45) is 1.45. The first-order valence-corrected chi connectivity index (χ1v) is 7.64. The number of likely N-dealkylation sites (tertiary alicyclic amines) is 1. The summed E-state index contributed by atoms with van der Waals surface area (Å²) in [5.41, 5.74) is 3.18. The van der Waals surface area contributed by atoms with Crippen LogP contribution in [0.2, 0.25) is 0 Å². The van der Waals surface area contributed by atoms with Crippen LogP contribution in [0.4, 0.5) is 5.69 Å². The molecular weight excluding hydrogens is 264 g/mol. The minimum atomic E-state index is 0.000508. The Kier molecular flexibility index (Phi) is 5.12. The van der Waals surface area contributed by atoms with Gasteiger partial charge in [0.1, 0.15) is 5.78 Å². The van der Waals surface area contributed by atoms with Crippen molar-refractivity contribution in [3.63, 3.8) is 0 Å². The highest BCUT2D eigenvalue weighted by Gasteiger charge is 2.24. The molecule has 0 aliphatic carbocycles. The number of hydrogen-bond acceptors (Lipinski definition) is 3. The van der Waals surface area contributed by atoms with E-state index in [0.29, 0.717) is 31.8 Å². The molecular formula is C17H24N2O2. The van der Waals surface area contributed by atoms with E-state index in [4.69, 9.17) is 0 Å². The number of benzene rings is 1. The molecule has 114 valence electrons. The van der Waals surface area contributed by atoms with E-state index in [1.807, 2.05) is 32.0 Å². The molecule has 1 saturated heterocycles. The molecule has 1 aliphatic heterocycles. The van der Waals surface area contributed by atoms with Crippen molar-refractivity contribution in [3.8, 4) is 0 Å². The molecule has 21 heavy (non-hydrogen) atoms. The van der Waals surface area contributed by atoms with Gasteiger partial charge in [0.05, 0.1) is 6.54 Å². The number of nitrogens with one attached hydrogen (secondary N) is 1. The number of anilines is 1. The van der Waals surface area contributed by atoms with Crippen LogP contribution >= 0.6 is 0 Å². The quantitative estimate of drug-likeness (QED) is 0.925. The first kappa shape index (κ1) is 15.7. The van der Waals surface area contributed by atoms with Crippen LogP contribution in [0.5, 0.6) is 0 Å². The molecule has 0 aromatic heterocycles. The number of aryl methyl sites for hydroxylation is 2. The summed E-state index contributed by atoms with van der Waals surface area (Å²) >= 11 is 0. The average Bonchev–Trinajstić information content (AvgIpc) is 2.45. The third-order valence-corrected chi connectivity index (χ3v) is 4.13. The Morgan fingerprint density at radius 3 is 2.86 bits per heavy atom. The van der Waals surface area contributed by atoms with E-state index in [0.717, 1.165) is 23.2 Å². The molecule has 1 aromatic carbocycles. The monoisotopic (exact) mass is 288 g/mol. The third kappa shape index (κ3) is 3.91. The number of ketones is 1. The van der Waals surface area contributed by atoms with Gasteiger partial charge in [-0.15, -0.1) is 0 Å². The van der Waals surface area contributed by atoms with Gasteiger partial charge in [0.2, 0.25) is 5.91 Å². The summed E-state index contributed by atoms with van der Waals surface area (Å²) in [5.74, 6) is 0.343. The summed E-state index contributed by atoms with van der Waals surface area (Å²) in [6.45, 7) is 7.75. The zero-order valence-corrected chi connectivity index (χ0v) is 13.1. The van der Waals surface area contributed by atoms with Crippen molar-refractivity contribution in [2.75, 3.05) is 25.0 Å². The van der Waals surface area contributed by atoms with Crippen molar-refractivity contribution in [2.45, 2.75) is 33.6 Å². The number of piperidine rings is 1. The second-order valence-corrected chi connectivity index (χ2v) is 5.86. The number of rotatable bonds is 4. The van der Waals surface area contributed by atoms with Gasteiger partial charge in [-0.2, -0.15) is 0 Å². The lowest BCUT2D eigenvalue weighted by atomic mass is 9.99. The first-order chi connectivity index (χ1) is 10.0. The number of nitrogens with zero attached hydrogens (tertiary/aromatic N) is 1. The van der Waals surface area contributed by atoms with Crippen molar-refractivity contribution >= 4 is 17.4 Å². The first-order valence-electron chi connectivity index (χ1n) is 7.64. The lowest BCUT2D eigenvalue weighted by molar-refractivity contribution is -0.127. The molecule has 1 atom stereocenters. The zero-order chi connectivity index (χ0) is 15.4. The smallest absolute Gasteiger partial charge is 0.238 e. The predicted molar refractivity (Wildman–Crippen MR) is 84.4 cm³/mol. The van der Waals surface area contributed by atoms with Gasteiger partial charge in [-0.25, -0.2) is 0 Å². The van der Waals surface area contributed by atoms with Crippen molar-refractivity contribution in [3.05, 3.63) is 29.3 Å². The fourth-order valence-electron chi connectivity index (χ4n) is 2.82. The summed E-state index contributed by atoms with van der Waals surface area (Å²) in [7, 11) is 0. The number of carbonyl (C=O) groups excluding carboxylic acids is 2. The molecule has 0 bridgehead atoms. The Morgan fingerprint density at radius 1 is 1.43 bits per heavy atom. The van der Waals surface area contributed by atoms with Crippen molar-refractivity contribution < 1.29 is 9.59 Å². The van der Waals surface area contributed by atoms with E-state index in [1.54, 1.807) is 0 Å². The van der Waals surface area contributed by atoms with Gasteiger partial charge >= 0.3 is 0 Å². The van der Waals surface area contributed by atoms with Gasteiger partial charge in [-0.1, -0.05) is 32.0 Å². The maximum absolute atomic E-state index is 12.3. The number of carbonyl (C=O) groups is 2. The molecule has 1 amide bonds. The third-order valence-electron chi connectivity index (χ3n) is 4.13. The Labute approximate surface area is 126 Å². The standard InChI is InChI=1S/C17H24N2O2/c1-4-14-7-5-6-12(2)17(14)18-16(21)11-19-9-8-15(20)13(3)10-19/h5-7,13H,4,8-11H2,1-3H3,(H,18,21). The summed E-state index contributed by atoms with van der Waals surface area (Å²) < 4.78 is 0. The summed E-state index contributed by atoms with van der Waals surface area (Å²) in [5, 5.41) is 3.04. The Morgan fingerprint density at radius 2 is 2.19 bits per heavy atom. The zero-order valence-electron chi connectivity index (χ0n) is 13.1. The molecule has 0 spiro atoms. The van der Waals surface area contributed by atoms with Crippen LogP contribution < -0.4 is 5.32 Å². The van der Waals surface area contributed by atoms with Crippen molar-refractivity contribution in [2.24, 2.45) is 5.92 Å². The fourth-order valence-corrected chi connectivity index (χ4v) is 2.82. The van der Waals surface area contributed by atoms with Gasteiger partial charge in [0.25, 0.3) is 0 Å². The predicted octanol–water partition coefficient (Wildman–Crippen LogP) is 2.41. The summed E-state index contributed by atoms with van der Waals surface area (Å²) in [4.78, 5) is 25.8. The lowest BCUT2D eigenvalue weighted by Gasteiger charge is -2.29. The molecule has 1 heterocycles. The van der Waals surface area contributed by atoms with E-state index >= 15 is 0 Å². The average molecular weight is 288 g/mol. The highest BCUT2D eigenvalue weighted by molar-refractivity contribution is 5.94. The molecule has 0 saturated carbocycles. The molecule has 4 nitrogen and oxygen atoms in total. The SMILES string of the molecule is CCc1cccc(C)c1NC(=O)CN1CCC(=O)C(C)C1. The molecule has 1 aromatic rings. The Bertz CT molecular complexity index is 540. The van der Waals surface area contributed by atoms with Crippen molar-refractivity contribution in [1.29, 1.82) is 0 Å².